The van der Waals surface area contributed by atoms with E-state index in [1.807, 2.05) is 19.1 Å². The van der Waals surface area contributed by atoms with Crippen LogP contribution in [0.1, 0.15) is 38.3 Å². The second-order valence-electron chi connectivity index (χ2n) is 6.65. The first-order valence-electron chi connectivity index (χ1n) is 9.14. The number of nitrogens with one attached hydrogen (secondary N) is 2. The molecular formula is C20H24N2O6. The van der Waals surface area contributed by atoms with Crippen molar-refractivity contribution < 1.29 is 29.0 Å². The molecule has 8 heteroatoms. The maximum atomic E-state index is 12.4. The van der Waals surface area contributed by atoms with E-state index < -0.39 is 17.7 Å². The molecule has 28 heavy (non-hydrogen) atoms. The number of fused-ring (bicyclic) bond motifs is 1. The number of methoxy groups -OCH3 is 1. The zero-order valence-electron chi connectivity index (χ0n) is 16.1. The van der Waals surface area contributed by atoms with Crippen molar-refractivity contribution in [2.45, 2.75) is 38.4 Å². The molecule has 1 aromatic heterocycles. The Hall–Kier alpha value is -2.84. The normalized spacial score (nSPS) is 19.2. The topological polar surface area (TPSA) is 110 Å². The summed E-state index contributed by atoms with van der Waals surface area (Å²) in [6, 6.07) is 7.18. The van der Waals surface area contributed by atoms with E-state index in [4.69, 9.17) is 9.47 Å². The van der Waals surface area contributed by atoms with Gasteiger partial charge in [0, 0.05) is 17.3 Å². The molecule has 0 radical (unpaired) electrons. The number of unbranched alkanes of at least 4 members (excludes halogenated alkanes) is 2. The number of ether oxygens (including phenoxy) is 2. The van der Waals surface area contributed by atoms with Gasteiger partial charge in [-0.25, -0.2) is 10.3 Å². The molecule has 3 rings (SSSR count). The molecule has 0 bridgehead atoms. The average molecular weight is 388 g/mol. The van der Waals surface area contributed by atoms with Crippen LogP contribution in [0.4, 0.5) is 0 Å². The minimum Gasteiger partial charge on any atom is -0.497 e. The number of cyclic esters (lactones) is 1. The van der Waals surface area contributed by atoms with Gasteiger partial charge in [0.05, 0.1) is 25.5 Å². The van der Waals surface area contributed by atoms with Crippen molar-refractivity contribution in [2.24, 2.45) is 0 Å². The molecule has 0 spiro atoms. The largest absolute Gasteiger partial charge is 0.497 e. The van der Waals surface area contributed by atoms with Crippen LogP contribution in [-0.2, 0) is 19.2 Å². The van der Waals surface area contributed by atoms with Crippen molar-refractivity contribution in [2.75, 3.05) is 14.2 Å². The quantitative estimate of drug-likeness (QED) is 0.277. The molecule has 150 valence electrons. The van der Waals surface area contributed by atoms with Crippen LogP contribution in [0.25, 0.3) is 16.5 Å². The fraction of sp³-hybridized carbons (Fsp3) is 0.400. The predicted molar refractivity (Wildman–Crippen MR) is 102 cm³/mol. The molecule has 1 aliphatic rings. The van der Waals surface area contributed by atoms with E-state index in [2.05, 4.69) is 15.3 Å². The van der Waals surface area contributed by atoms with Crippen molar-refractivity contribution in [1.29, 1.82) is 0 Å². The standard InChI is InChI=1S/C20H24N2O6/c1-4-5-6-9-20(25)17(16(19(24)28-20)18(23)22-27-3)15-11-12-10-13(26-2)7-8-14(12)21-15/h7-8,10-11,21,25H,4-6,9H2,1-3H3,(H,22,23). The fourth-order valence-corrected chi connectivity index (χ4v) is 3.41. The summed E-state index contributed by atoms with van der Waals surface area (Å²) in [4.78, 5) is 32.7. The Morgan fingerprint density at radius 2 is 2.07 bits per heavy atom. The molecule has 0 saturated carbocycles. The number of rotatable bonds is 8. The highest BCUT2D eigenvalue weighted by atomic mass is 16.7. The smallest absolute Gasteiger partial charge is 0.347 e. The summed E-state index contributed by atoms with van der Waals surface area (Å²) in [6.45, 7) is 2.03. The molecule has 0 aliphatic carbocycles. The molecule has 1 atom stereocenters. The number of aromatic amines is 1. The van der Waals surface area contributed by atoms with Gasteiger partial charge in [0.15, 0.2) is 0 Å². The highest BCUT2D eigenvalue weighted by Gasteiger charge is 2.49. The first-order chi connectivity index (χ1) is 13.4. The number of carbonyl (C=O) groups excluding carboxylic acids is 2. The lowest BCUT2D eigenvalue weighted by Gasteiger charge is -2.24. The van der Waals surface area contributed by atoms with Crippen LogP contribution in [0.15, 0.2) is 29.8 Å². The second-order valence-corrected chi connectivity index (χ2v) is 6.65. The van der Waals surface area contributed by atoms with Crippen LogP contribution < -0.4 is 10.2 Å². The van der Waals surface area contributed by atoms with Gasteiger partial charge < -0.3 is 19.6 Å². The maximum absolute atomic E-state index is 12.4. The van der Waals surface area contributed by atoms with Gasteiger partial charge >= 0.3 is 5.97 Å². The number of hydroxylamine groups is 1. The number of esters is 1. The van der Waals surface area contributed by atoms with E-state index in [9.17, 15) is 14.7 Å². The molecule has 0 fully saturated rings. The molecule has 2 heterocycles. The number of aromatic nitrogens is 1. The number of hydrogen-bond acceptors (Lipinski definition) is 6. The minimum atomic E-state index is -1.89. The summed E-state index contributed by atoms with van der Waals surface area (Å²) in [5.74, 6) is -2.89. The Morgan fingerprint density at radius 1 is 1.29 bits per heavy atom. The van der Waals surface area contributed by atoms with E-state index in [0.717, 1.165) is 23.7 Å². The number of hydrogen-bond donors (Lipinski definition) is 3. The SMILES string of the molecule is CCCCCC1(O)OC(=O)C(C(=O)NOC)=C1c1cc2cc(OC)ccc2[nH]1. The van der Waals surface area contributed by atoms with Gasteiger partial charge in [-0.2, -0.15) is 0 Å². The number of amides is 1. The van der Waals surface area contributed by atoms with Gasteiger partial charge in [0.2, 0.25) is 5.79 Å². The highest BCUT2D eigenvalue weighted by molar-refractivity contribution is 6.24. The van der Waals surface area contributed by atoms with E-state index in [1.54, 1.807) is 19.2 Å². The Kier molecular flexibility index (Phi) is 5.71. The lowest BCUT2D eigenvalue weighted by Crippen LogP contribution is -2.31. The summed E-state index contributed by atoms with van der Waals surface area (Å²) < 4.78 is 10.5. The zero-order valence-corrected chi connectivity index (χ0v) is 16.1. The number of benzene rings is 1. The summed E-state index contributed by atoms with van der Waals surface area (Å²) in [7, 11) is 2.83. The van der Waals surface area contributed by atoms with Gasteiger partial charge in [-0.3, -0.25) is 9.63 Å². The van der Waals surface area contributed by atoms with Crippen molar-refractivity contribution >= 4 is 28.4 Å². The zero-order chi connectivity index (χ0) is 20.3. The summed E-state index contributed by atoms with van der Waals surface area (Å²) in [5.41, 5.74) is 3.16. The third kappa shape index (κ3) is 3.61. The van der Waals surface area contributed by atoms with E-state index >= 15 is 0 Å². The Bertz CT molecular complexity index is 932. The van der Waals surface area contributed by atoms with Crippen LogP contribution in [0.5, 0.6) is 5.75 Å². The van der Waals surface area contributed by atoms with Gasteiger partial charge in [-0.15, -0.1) is 0 Å². The fourth-order valence-electron chi connectivity index (χ4n) is 3.41. The van der Waals surface area contributed by atoms with E-state index in [-0.39, 0.29) is 17.6 Å². The molecule has 1 aliphatic heterocycles. The van der Waals surface area contributed by atoms with Crippen LogP contribution in [0.2, 0.25) is 0 Å². The summed E-state index contributed by atoms with van der Waals surface area (Å²) >= 11 is 0. The van der Waals surface area contributed by atoms with E-state index in [0.29, 0.717) is 17.9 Å². The Morgan fingerprint density at radius 3 is 2.75 bits per heavy atom. The summed E-state index contributed by atoms with van der Waals surface area (Å²) in [5, 5.41) is 12.0. The van der Waals surface area contributed by atoms with Crippen LogP contribution in [0, 0.1) is 0 Å². The van der Waals surface area contributed by atoms with Crippen LogP contribution >= 0.6 is 0 Å². The first-order valence-corrected chi connectivity index (χ1v) is 9.14. The molecule has 8 nitrogen and oxygen atoms in total. The third-order valence-electron chi connectivity index (χ3n) is 4.74. The summed E-state index contributed by atoms with van der Waals surface area (Å²) in [6.07, 6.45) is 2.62. The van der Waals surface area contributed by atoms with Gasteiger partial charge in [-0.05, 0) is 30.7 Å². The van der Waals surface area contributed by atoms with Crippen molar-refractivity contribution in [3.8, 4) is 5.75 Å². The molecule has 1 aromatic carbocycles. The van der Waals surface area contributed by atoms with Gasteiger partial charge in [-0.1, -0.05) is 19.8 Å². The number of H-pyrrole nitrogens is 1. The van der Waals surface area contributed by atoms with Gasteiger partial charge in [0.25, 0.3) is 5.91 Å². The van der Waals surface area contributed by atoms with Crippen LogP contribution in [-0.4, -0.2) is 42.0 Å². The van der Waals surface area contributed by atoms with Crippen molar-refractivity contribution in [1.82, 2.24) is 10.5 Å². The van der Waals surface area contributed by atoms with Gasteiger partial charge in [0.1, 0.15) is 11.3 Å². The van der Waals surface area contributed by atoms with Crippen molar-refractivity contribution in [3.05, 3.63) is 35.5 Å². The first kappa shape index (κ1) is 19.9. The molecule has 1 unspecified atom stereocenters. The van der Waals surface area contributed by atoms with Crippen molar-refractivity contribution in [3.63, 3.8) is 0 Å². The lowest BCUT2D eigenvalue weighted by atomic mass is 9.94. The molecule has 0 saturated heterocycles. The number of aliphatic hydroxyl groups is 1. The lowest BCUT2D eigenvalue weighted by molar-refractivity contribution is -0.178. The highest BCUT2D eigenvalue weighted by Crippen LogP contribution is 2.42. The third-order valence-corrected chi connectivity index (χ3v) is 4.74. The average Bonchev–Trinajstić information content (AvgIpc) is 3.19. The molecule has 3 N–H and O–H groups in total. The minimum absolute atomic E-state index is 0.110. The molecule has 1 amide bonds. The Balaban J connectivity index is 2.13. The molecule has 2 aromatic rings. The monoisotopic (exact) mass is 388 g/mol. The van der Waals surface area contributed by atoms with E-state index in [1.165, 1.54) is 7.11 Å². The second kappa shape index (κ2) is 8.04. The van der Waals surface area contributed by atoms with Crippen LogP contribution in [0.3, 0.4) is 0 Å². The predicted octanol–water partition coefficient (Wildman–Crippen LogP) is 2.43. The number of carbonyl (C=O) groups is 2. The Labute approximate surface area is 162 Å². The molecular weight excluding hydrogens is 364 g/mol. The maximum Gasteiger partial charge on any atom is 0.347 e.